The molecule has 2 aromatic carbocycles. The number of carbonyl (C=O) groups excluding carboxylic acids is 3. The molecule has 0 radical (unpaired) electrons. The van der Waals surface area contributed by atoms with E-state index in [2.05, 4.69) is 16.0 Å². The highest BCUT2D eigenvalue weighted by atomic mass is 35.5. The minimum absolute atomic E-state index is 0.0393. The van der Waals surface area contributed by atoms with Crippen LogP contribution in [0.2, 0.25) is 5.02 Å². The fourth-order valence-corrected chi connectivity index (χ4v) is 3.57. The fourth-order valence-electron chi connectivity index (χ4n) is 2.45. The zero-order valence-corrected chi connectivity index (χ0v) is 18.8. The van der Waals surface area contributed by atoms with Crippen LogP contribution in [0.1, 0.15) is 15.9 Å². The Morgan fingerprint density at radius 3 is 2.29 bits per heavy atom. The fraction of sp³-hybridized carbons (Fsp3) is 0.250. The van der Waals surface area contributed by atoms with E-state index in [1.165, 1.54) is 38.4 Å². The molecule has 0 atom stereocenters. The summed E-state index contributed by atoms with van der Waals surface area (Å²) in [5.74, 6) is -1.65. The van der Waals surface area contributed by atoms with Crippen LogP contribution in [-0.4, -0.2) is 57.6 Å². The summed E-state index contributed by atoms with van der Waals surface area (Å²) < 4.78 is 25.4. The molecule has 11 heteroatoms. The molecule has 0 heterocycles. The van der Waals surface area contributed by atoms with Gasteiger partial charge in [0.25, 0.3) is 5.91 Å². The van der Waals surface area contributed by atoms with E-state index in [1.54, 1.807) is 25.1 Å². The van der Waals surface area contributed by atoms with Crippen molar-refractivity contribution in [2.24, 2.45) is 0 Å². The van der Waals surface area contributed by atoms with Gasteiger partial charge in [0.2, 0.25) is 21.8 Å². The Morgan fingerprint density at radius 2 is 1.61 bits per heavy atom. The number of rotatable bonds is 8. The third-order valence-electron chi connectivity index (χ3n) is 4.27. The third-order valence-corrected chi connectivity index (χ3v) is 6.49. The quantitative estimate of drug-likeness (QED) is 0.542. The van der Waals surface area contributed by atoms with Crippen LogP contribution in [0, 0.1) is 6.92 Å². The monoisotopic (exact) mass is 466 g/mol. The van der Waals surface area contributed by atoms with Gasteiger partial charge >= 0.3 is 0 Å². The van der Waals surface area contributed by atoms with Gasteiger partial charge in [-0.3, -0.25) is 14.4 Å². The molecule has 0 bridgehead atoms. The second-order valence-corrected chi connectivity index (χ2v) is 9.29. The molecule has 0 aromatic heterocycles. The summed E-state index contributed by atoms with van der Waals surface area (Å²) in [5, 5.41) is 7.93. The van der Waals surface area contributed by atoms with E-state index in [-0.39, 0.29) is 23.5 Å². The molecule has 0 unspecified atom stereocenters. The minimum Gasteiger partial charge on any atom is -0.345 e. The molecular formula is C20H23ClN4O5S. The van der Waals surface area contributed by atoms with E-state index in [9.17, 15) is 22.8 Å². The highest BCUT2D eigenvalue weighted by Gasteiger charge is 2.19. The number of hydrogen-bond acceptors (Lipinski definition) is 5. The van der Waals surface area contributed by atoms with E-state index in [0.717, 1.165) is 4.31 Å². The van der Waals surface area contributed by atoms with Crippen molar-refractivity contribution in [1.82, 2.24) is 14.9 Å². The first-order chi connectivity index (χ1) is 14.5. The molecule has 0 aliphatic heterocycles. The average Bonchev–Trinajstić information content (AvgIpc) is 2.73. The smallest absolute Gasteiger partial charge is 0.251 e. The first-order valence-corrected chi connectivity index (χ1v) is 11.0. The lowest BCUT2D eigenvalue weighted by molar-refractivity contribution is -0.123. The van der Waals surface area contributed by atoms with Crippen molar-refractivity contribution in [3.05, 3.63) is 58.6 Å². The molecule has 0 aliphatic carbocycles. The zero-order chi connectivity index (χ0) is 23.2. The van der Waals surface area contributed by atoms with Crippen molar-refractivity contribution >= 4 is 45.0 Å². The second-order valence-electron chi connectivity index (χ2n) is 6.74. The number of sulfonamides is 1. The van der Waals surface area contributed by atoms with E-state index in [0.29, 0.717) is 16.3 Å². The van der Waals surface area contributed by atoms with E-state index < -0.39 is 27.7 Å². The maximum absolute atomic E-state index is 12.3. The highest BCUT2D eigenvalue weighted by Crippen LogP contribution is 2.22. The van der Waals surface area contributed by atoms with Gasteiger partial charge in [-0.1, -0.05) is 23.7 Å². The van der Waals surface area contributed by atoms with Gasteiger partial charge in [-0.25, -0.2) is 12.7 Å². The van der Waals surface area contributed by atoms with Crippen LogP contribution in [-0.2, 0) is 19.6 Å². The minimum atomic E-state index is -3.69. The Labute approximate surface area is 185 Å². The maximum Gasteiger partial charge on any atom is 0.251 e. The molecule has 0 fully saturated rings. The van der Waals surface area contributed by atoms with Gasteiger partial charge in [0.15, 0.2) is 0 Å². The number of benzene rings is 2. The van der Waals surface area contributed by atoms with Crippen LogP contribution in [0.25, 0.3) is 0 Å². The van der Waals surface area contributed by atoms with E-state index in [4.69, 9.17) is 11.6 Å². The summed E-state index contributed by atoms with van der Waals surface area (Å²) in [5.41, 5.74) is 1.33. The molecule has 0 spiro atoms. The predicted molar refractivity (Wildman–Crippen MR) is 117 cm³/mol. The molecule has 3 N–H and O–H groups in total. The maximum atomic E-state index is 12.3. The standard InChI is InChI=1S/C20H23ClN4O5S/c1-13-16(21)8-5-9-17(13)24-19(27)12-22-18(26)11-23-20(28)14-6-4-7-15(10-14)31(29,30)25(2)3/h4-10H,11-12H2,1-3H3,(H,22,26)(H,23,28)(H,24,27). The number of halogens is 1. The van der Waals surface area contributed by atoms with Crippen molar-refractivity contribution in [3.8, 4) is 0 Å². The molecular weight excluding hydrogens is 444 g/mol. The van der Waals surface area contributed by atoms with Crippen LogP contribution in [0.15, 0.2) is 47.4 Å². The lowest BCUT2D eigenvalue weighted by atomic mass is 10.2. The van der Waals surface area contributed by atoms with Crippen LogP contribution >= 0.6 is 11.6 Å². The summed E-state index contributed by atoms with van der Waals surface area (Å²) in [6.07, 6.45) is 0. The summed E-state index contributed by atoms with van der Waals surface area (Å²) in [6, 6.07) is 10.5. The Hall–Kier alpha value is -2.95. The number of nitrogens with one attached hydrogen (secondary N) is 3. The molecule has 31 heavy (non-hydrogen) atoms. The lowest BCUT2D eigenvalue weighted by Crippen LogP contribution is -2.40. The first kappa shape index (κ1) is 24.3. The topological polar surface area (TPSA) is 125 Å². The van der Waals surface area contributed by atoms with E-state index in [1.807, 2.05) is 0 Å². The average molecular weight is 467 g/mol. The van der Waals surface area contributed by atoms with Crippen LogP contribution in [0.3, 0.4) is 0 Å². The van der Waals surface area contributed by atoms with Crippen molar-refractivity contribution in [2.45, 2.75) is 11.8 Å². The van der Waals surface area contributed by atoms with Gasteiger partial charge in [-0.15, -0.1) is 0 Å². The van der Waals surface area contributed by atoms with Crippen molar-refractivity contribution in [3.63, 3.8) is 0 Å². The number of anilines is 1. The molecule has 0 aliphatic rings. The molecule has 2 aromatic rings. The number of amides is 3. The van der Waals surface area contributed by atoms with Gasteiger partial charge in [-0.2, -0.15) is 0 Å². The van der Waals surface area contributed by atoms with Crippen molar-refractivity contribution in [2.75, 3.05) is 32.5 Å². The predicted octanol–water partition coefficient (Wildman–Crippen LogP) is 1.38. The summed E-state index contributed by atoms with van der Waals surface area (Å²) >= 11 is 6.00. The van der Waals surface area contributed by atoms with E-state index >= 15 is 0 Å². The Balaban J connectivity index is 1.87. The zero-order valence-electron chi connectivity index (χ0n) is 17.2. The Bertz CT molecular complexity index is 1100. The molecule has 0 saturated carbocycles. The van der Waals surface area contributed by atoms with Crippen molar-refractivity contribution < 1.29 is 22.8 Å². The molecule has 166 valence electrons. The Kier molecular flexibility index (Phi) is 8.14. The normalized spacial score (nSPS) is 11.1. The highest BCUT2D eigenvalue weighted by molar-refractivity contribution is 7.89. The number of hydrogen-bond donors (Lipinski definition) is 3. The van der Waals surface area contributed by atoms with Gasteiger partial charge < -0.3 is 16.0 Å². The first-order valence-electron chi connectivity index (χ1n) is 9.15. The van der Waals surface area contributed by atoms with Crippen LogP contribution in [0.5, 0.6) is 0 Å². The second kappa shape index (κ2) is 10.4. The SMILES string of the molecule is Cc1c(Cl)cccc1NC(=O)CNC(=O)CNC(=O)c1cccc(S(=O)(=O)N(C)C)c1. The number of carbonyl (C=O) groups is 3. The molecule has 9 nitrogen and oxygen atoms in total. The van der Waals surface area contributed by atoms with Crippen LogP contribution in [0.4, 0.5) is 5.69 Å². The largest absolute Gasteiger partial charge is 0.345 e. The van der Waals surface area contributed by atoms with Gasteiger partial charge in [0.05, 0.1) is 18.0 Å². The van der Waals surface area contributed by atoms with Gasteiger partial charge in [0, 0.05) is 30.4 Å². The summed E-state index contributed by atoms with van der Waals surface area (Å²) in [7, 11) is -0.922. The molecule has 2 rings (SSSR count). The molecule has 0 saturated heterocycles. The van der Waals surface area contributed by atoms with Crippen molar-refractivity contribution in [1.29, 1.82) is 0 Å². The lowest BCUT2D eigenvalue weighted by Gasteiger charge is -2.12. The number of nitrogens with zero attached hydrogens (tertiary/aromatic N) is 1. The van der Waals surface area contributed by atoms with Gasteiger partial charge in [-0.05, 0) is 42.8 Å². The summed E-state index contributed by atoms with van der Waals surface area (Å²) in [4.78, 5) is 36.2. The van der Waals surface area contributed by atoms with Crippen LogP contribution < -0.4 is 16.0 Å². The summed E-state index contributed by atoms with van der Waals surface area (Å²) in [6.45, 7) is 1.08. The third kappa shape index (κ3) is 6.51. The molecule has 3 amide bonds. The Morgan fingerprint density at radius 1 is 0.968 bits per heavy atom. The van der Waals surface area contributed by atoms with Gasteiger partial charge in [0.1, 0.15) is 0 Å².